The average molecular weight is 563 g/mol. The standard InChI is InChI=1S/C33H34N6O3/c1-3-29(41)39-16-15-24(17-25(39)20-40)38-18-22(19-38)9-14-28-30(31-32(34)35-21-36-33(31)37(28)2)23-10-12-27(13-11-23)42-26-7-5-4-6-8-26/h3-8,10-13,21-22,24-25,40H,1,15-20H2,2H3,(H2,34,35,36)/t24?,25-/m0/s1. The predicted molar refractivity (Wildman–Crippen MR) is 163 cm³/mol. The van der Waals surface area contributed by atoms with Crippen LogP contribution in [0.3, 0.4) is 0 Å². The number of amides is 1. The van der Waals surface area contributed by atoms with Gasteiger partial charge in [-0.2, -0.15) is 0 Å². The summed E-state index contributed by atoms with van der Waals surface area (Å²) in [5, 5.41) is 10.7. The van der Waals surface area contributed by atoms with Crippen molar-refractivity contribution in [3.05, 3.63) is 79.3 Å². The van der Waals surface area contributed by atoms with E-state index in [1.165, 1.54) is 12.4 Å². The van der Waals surface area contributed by atoms with Gasteiger partial charge < -0.3 is 25.0 Å². The second-order valence-electron chi connectivity index (χ2n) is 10.9. The molecule has 2 aliphatic rings. The first-order valence-corrected chi connectivity index (χ1v) is 14.2. The Kier molecular flexibility index (Phi) is 7.66. The molecule has 2 aromatic heterocycles. The van der Waals surface area contributed by atoms with E-state index in [2.05, 4.69) is 33.3 Å². The van der Waals surface area contributed by atoms with Crippen LogP contribution in [0.4, 0.5) is 5.82 Å². The van der Waals surface area contributed by atoms with Gasteiger partial charge in [0.25, 0.3) is 0 Å². The van der Waals surface area contributed by atoms with Crippen LogP contribution in [0, 0.1) is 17.8 Å². The number of piperidine rings is 1. The molecular weight excluding hydrogens is 528 g/mol. The van der Waals surface area contributed by atoms with Gasteiger partial charge in [0.05, 0.1) is 18.0 Å². The molecule has 2 aliphatic heterocycles. The maximum absolute atomic E-state index is 12.1. The molecule has 9 heteroatoms. The van der Waals surface area contributed by atoms with Crippen molar-refractivity contribution in [1.29, 1.82) is 0 Å². The molecular formula is C33H34N6O3. The van der Waals surface area contributed by atoms with Crippen LogP contribution in [0.15, 0.2) is 73.6 Å². The summed E-state index contributed by atoms with van der Waals surface area (Å²) < 4.78 is 7.97. The summed E-state index contributed by atoms with van der Waals surface area (Å²) in [6.07, 6.45) is 4.44. The monoisotopic (exact) mass is 562 g/mol. The van der Waals surface area contributed by atoms with Crippen LogP contribution in [-0.4, -0.2) is 73.7 Å². The van der Waals surface area contributed by atoms with Gasteiger partial charge in [-0.1, -0.05) is 42.8 Å². The van der Waals surface area contributed by atoms with E-state index in [0.717, 1.165) is 65.3 Å². The number of nitrogens with zero attached hydrogens (tertiary/aromatic N) is 5. The number of likely N-dealkylation sites (tertiary alicyclic amines) is 2. The number of nitrogen functional groups attached to an aromatic ring is 1. The van der Waals surface area contributed by atoms with Crippen molar-refractivity contribution in [2.45, 2.75) is 24.9 Å². The fourth-order valence-electron chi connectivity index (χ4n) is 6.03. The maximum atomic E-state index is 12.1. The Labute approximate surface area is 245 Å². The third-order valence-corrected chi connectivity index (χ3v) is 8.30. The number of hydrogen-bond acceptors (Lipinski definition) is 7. The highest BCUT2D eigenvalue weighted by atomic mass is 16.5. The summed E-state index contributed by atoms with van der Waals surface area (Å²) >= 11 is 0. The Balaban J connectivity index is 1.22. The number of carbonyl (C=O) groups is 1. The number of aliphatic hydroxyl groups is 1. The molecule has 0 aliphatic carbocycles. The number of aliphatic hydroxyl groups excluding tert-OH is 1. The van der Waals surface area contributed by atoms with E-state index < -0.39 is 0 Å². The summed E-state index contributed by atoms with van der Waals surface area (Å²) in [7, 11) is 1.95. The van der Waals surface area contributed by atoms with E-state index in [0.29, 0.717) is 18.4 Å². The van der Waals surface area contributed by atoms with Crippen molar-refractivity contribution in [2.75, 3.05) is 32.0 Å². The zero-order valence-corrected chi connectivity index (χ0v) is 23.6. The quantitative estimate of drug-likeness (QED) is 0.272. The fraction of sp³-hybridized carbons (Fsp3) is 0.303. The van der Waals surface area contributed by atoms with Crippen LogP contribution in [-0.2, 0) is 11.8 Å². The number of aromatic nitrogens is 3. The van der Waals surface area contributed by atoms with Gasteiger partial charge in [0, 0.05) is 44.2 Å². The molecule has 6 rings (SSSR count). The Morgan fingerprint density at radius 3 is 2.60 bits per heavy atom. The lowest BCUT2D eigenvalue weighted by atomic mass is 9.90. The summed E-state index contributed by atoms with van der Waals surface area (Å²) in [5.41, 5.74) is 9.81. The third kappa shape index (κ3) is 5.22. The Morgan fingerprint density at radius 2 is 1.88 bits per heavy atom. The molecule has 0 spiro atoms. The van der Waals surface area contributed by atoms with Gasteiger partial charge in [-0.15, -0.1) is 0 Å². The van der Waals surface area contributed by atoms with Crippen molar-refractivity contribution >= 4 is 22.8 Å². The van der Waals surface area contributed by atoms with Gasteiger partial charge in [0.2, 0.25) is 5.91 Å². The van der Waals surface area contributed by atoms with Gasteiger partial charge in [-0.05, 0) is 54.7 Å². The molecule has 0 saturated carbocycles. The number of fused-ring (bicyclic) bond motifs is 1. The van der Waals surface area contributed by atoms with Gasteiger partial charge in [0.15, 0.2) is 0 Å². The van der Waals surface area contributed by atoms with Gasteiger partial charge in [-0.25, -0.2) is 9.97 Å². The molecule has 0 radical (unpaired) electrons. The Morgan fingerprint density at radius 1 is 1.14 bits per heavy atom. The predicted octanol–water partition coefficient (Wildman–Crippen LogP) is 3.83. The Hall–Kier alpha value is -4.65. The highest BCUT2D eigenvalue weighted by Crippen LogP contribution is 2.37. The van der Waals surface area contributed by atoms with Crippen molar-refractivity contribution in [3.63, 3.8) is 0 Å². The summed E-state index contributed by atoms with van der Waals surface area (Å²) in [5.74, 6) is 8.97. The van der Waals surface area contributed by atoms with Gasteiger partial charge in [-0.3, -0.25) is 9.69 Å². The van der Waals surface area contributed by atoms with Gasteiger partial charge in [0.1, 0.15) is 35.0 Å². The van der Waals surface area contributed by atoms with Crippen LogP contribution in [0.2, 0.25) is 0 Å². The smallest absolute Gasteiger partial charge is 0.246 e. The van der Waals surface area contributed by atoms with Crippen molar-refractivity contribution in [2.24, 2.45) is 13.0 Å². The highest BCUT2D eigenvalue weighted by molar-refractivity contribution is 6.03. The van der Waals surface area contributed by atoms with Crippen LogP contribution >= 0.6 is 0 Å². The van der Waals surface area contributed by atoms with E-state index in [-0.39, 0.29) is 24.5 Å². The van der Waals surface area contributed by atoms with Crippen molar-refractivity contribution in [3.8, 4) is 34.5 Å². The number of rotatable bonds is 6. The zero-order chi connectivity index (χ0) is 29.2. The van der Waals surface area contributed by atoms with E-state index in [1.807, 2.05) is 66.2 Å². The summed E-state index contributed by atoms with van der Waals surface area (Å²) in [4.78, 5) is 25.1. The minimum Gasteiger partial charge on any atom is -0.457 e. The average Bonchev–Trinajstić information content (AvgIpc) is 3.29. The second-order valence-corrected chi connectivity index (χ2v) is 10.9. The number of aryl methyl sites for hydroxylation is 1. The van der Waals surface area contributed by atoms with Crippen molar-refractivity contribution in [1.82, 2.24) is 24.3 Å². The van der Waals surface area contributed by atoms with Crippen LogP contribution in [0.25, 0.3) is 22.2 Å². The number of ether oxygens (including phenoxy) is 1. The lowest BCUT2D eigenvalue weighted by Crippen LogP contribution is -2.58. The first kappa shape index (κ1) is 27.5. The number of anilines is 1. The Bertz CT molecular complexity index is 1670. The molecule has 2 atom stereocenters. The molecule has 0 bridgehead atoms. The lowest BCUT2D eigenvalue weighted by Gasteiger charge is -2.48. The molecule has 214 valence electrons. The van der Waals surface area contributed by atoms with Gasteiger partial charge >= 0.3 is 0 Å². The second kappa shape index (κ2) is 11.7. The third-order valence-electron chi connectivity index (χ3n) is 8.30. The number of para-hydroxylation sites is 1. The molecule has 1 amide bonds. The lowest BCUT2D eigenvalue weighted by molar-refractivity contribution is -0.132. The van der Waals surface area contributed by atoms with Crippen LogP contribution in [0.1, 0.15) is 18.5 Å². The topological polar surface area (TPSA) is 110 Å². The number of carbonyl (C=O) groups excluding carboxylic acids is 1. The maximum Gasteiger partial charge on any atom is 0.246 e. The molecule has 4 heterocycles. The van der Waals surface area contributed by atoms with E-state index in [4.69, 9.17) is 10.5 Å². The normalized spacial score (nSPS) is 19.1. The number of hydrogen-bond donors (Lipinski definition) is 2. The molecule has 1 unspecified atom stereocenters. The van der Waals surface area contributed by atoms with Crippen LogP contribution < -0.4 is 10.5 Å². The van der Waals surface area contributed by atoms with Crippen molar-refractivity contribution < 1.29 is 14.6 Å². The number of benzene rings is 2. The van der Waals surface area contributed by atoms with Crippen LogP contribution in [0.5, 0.6) is 11.5 Å². The number of nitrogens with two attached hydrogens (primary N) is 1. The first-order chi connectivity index (χ1) is 20.5. The first-order valence-electron chi connectivity index (χ1n) is 14.2. The highest BCUT2D eigenvalue weighted by Gasteiger charge is 2.37. The molecule has 42 heavy (non-hydrogen) atoms. The minimum absolute atomic E-state index is 0.0393. The fourth-order valence-corrected chi connectivity index (χ4v) is 6.03. The summed E-state index contributed by atoms with van der Waals surface area (Å²) in [6, 6.07) is 17.7. The molecule has 2 fully saturated rings. The molecule has 2 saturated heterocycles. The molecule has 3 N–H and O–H groups in total. The zero-order valence-electron chi connectivity index (χ0n) is 23.6. The van der Waals surface area contributed by atoms with E-state index >= 15 is 0 Å². The largest absolute Gasteiger partial charge is 0.457 e. The summed E-state index contributed by atoms with van der Waals surface area (Å²) in [6.45, 7) is 5.90. The van der Waals surface area contributed by atoms with E-state index in [1.54, 1.807) is 4.90 Å². The molecule has 9 nitrogen and oxygen atoms in total. The molecule has 2 aromatic carbocycles. The SMILES string of the molecule is C=CC(=O)N1CCC(N2CC(C#Cc3c(-c4ccc(Oc5ccccc5)cc4)c4c(N)ncnc4n3C)C2)C[C@H]1CO. The van der Waals surface area contributed by atoms with E-state index in [9.17, 15) is 9.90 Å². The minimum atomic E-state index is -0.172. The molecule has 4 aromatic rings.